The van der Waals surface area contributed by atoms with Gasteiger partial charge >= 0.3 is 6.18 Å². The summed E-state index contributed by atoms with van der Waals surface area (Å²) in [6.07, 6.45) is -3.60. The van der Waals surface area contributed by atoms with Crippen LogP contribution in [0.1, 0.15) is 18.9 Å². The lowest BCUT2D eigenvalue weighted by atomic mass is 10.0. The van der Waals surface area contributed by atoms with Gasteiger partial charge in [-0.25, -0.2) is 4.98 Å². The van der Waals surface area contributed by atoms with Crippen LogP contribution < -0.4 is 15.5 Å². The Labute approximate surface area is 166 Å². The lowest BCUT2D eigenvalue weighted by Crippen LogP contribution is -2.63. The fourth-order valence-electron chi connectivity index (χ4n) is 3.47. The van der Waals surface area contributed by atoms with Gasteiger partial charge in [0.25, 0.3) is 5.91 Å². The molecule has 0 aliphatic carbocycles. The first-order valence-electron chi connectivity index (χ1n) is 9.32. The Morgan fingerprint density at radius 1 is 1.41 bits per heavy atom. The molecule has 1 unspecified atom stereocenters. The third-order valence-corrected chi connectivity index (χ3v) is 5.00. The van der Waals surface area contributed by atoms with Gasteiger partial charge in [0.05, 0.1) is 37.4 Å². The van der Waals surface area contributed by atoms with Gasteiger partial charge < -0.3 is 25.2 Å². The molecular weight excluding hydrogens is 391 g/mol. The van der Waals surface area contributed by atoms with E-state index in [9.17, 15) is 22.8 Å². The number of pyridine rings is 1. The van der Waals surface area contributed by atoms with Crippen molar-refractivity contribution in [3.8, 4) is 0 Å². The normalized spacial score (nSPS) is 20.4. The first kappa shape index (κ1) is 21.3. The minimum atomic E-state index is -4.54. The number of carbonyl (C=O) groups excluding carboxylic acids is 2. The highest BCUT2D eigenvalue weighted by atomic mass is 19.4. The monoisotopic (exact) mass is 415 g/mol. The number of hydrogen-bond acceptors (Lipinski definition) is 6. The standard InChI is InChI=1S/C18H24F3N5O3/c1-11(22)10-29-6-3-15(27)25-4-5-26-14(9-25)17(28)24(2)13-7-12(18(19,20)21)8-23-16(13)26/h7-8,11,14H,3-6,9-10,22H2,1-2H3/t11-,14?/m0/s1. The average molecular weight is 415 g/mol. The molecule has 1 saturated heterocycles. The van der Waals surface area contributed by atoms with Crippen LogP contribution in [0.4, 0.5) is 24.7 Å². The molecule has 11 heteroatoms. The summed E-state index contributed by atoms with van der Waals surface area (Å²) in [7, 11) is 1.42. The van der Waals surface area contributed by atoms with Crippen LogP contribution in [0.15, 0.2) is 12.3 Å². The van der Waals surface area contributed by atoms with Gasteiger partial charge in [0, 0.05) is 32.4 Å². The number of halogens is 3. The molecule has 0 aromatic carbocycles. The van der Waals surface area contributed by atoms with Crippen molar-refractivity contribution in [3.05, 3.63) is 17.8 Å². The van der Waals surface area contributed by atoms with Crippen molar-refractivity contribution in [2.24, 2.45) is 5.73 Å². The van der Waals surface area contributed by atoms with Gasteiger partial charge in [-0.1, -0.05) is 0 Å². The summed E-state index contributed by atoms with van der Waals surface area (Å²) >= 11 is 0. The van der Waals surface area contributed by atoms with Crippen LogP contribution in [0.25, 0.3) is 0 Å². The van der Waals surface area contributed by atoms with E-state index in [1.165, 1.54) is 11.9 Å². The largest absolute Gasteiger partial charge is 0.417 e. The predicted octanol–water partition coefficient (Wildman–Crippen LogP) is 0.848. The highest BCUT2D eigenvalue weighted by molar-refractivity contribution is 6.05. The molecule has 0 bridgehead atoms. The second-order valence-corrected chi connectivity index (χ2v) is 7.31. The van der Waals surface area contributed by atoms with Crippen molar-refractivity contribution in [1.29, 1.82) is 0 Å². The molecule has 2 amide bonds. The first-order chi connectivity index (χ1) is 13.6. The maximum absolute atomic E-state index is 13.0. The summed E-state index contributed by atoms with van der Waals surface area (Å²) in [5, 5.41) is 0. The van der Waals surface area contributed by atoms with E-state index < -0.39 is 17.8 Å². The van der Waals surface area contributed by atoms with E-state index in [4.69, 9.17) is 10.5 Å². The lowest BCUT2D eigenvalue weighted by Gasteiger charge is -2.46. The van der Waals surface area contributed by atoms with Crippen molar-refractivity contribution >= 4 is 23.3 Å². The van der Waals surface area contributed by atoms with Crippen molar-refractivity contribution in [2.75, 3.05) is 49.7 Å². The summed E-state index contributed by atoms with van der Waals surface area (Å²) in [6.45, 7) is 3.20. The molecule has 0 spiro atoms. The molecule has 3 rings (SSSR count). The Morgan fingerprint density at radius 2 is 2.14 bits per heavy atom. The van der Waals surface area contributed by atoms with Gasteiger partial charge in [0.1, 0.15) is 6.04 Å². The molecule has 2 aliphatic heterocycles. The van der Waals surface area contributed by atoms with Crippen molar-refractivity contribution < 1.29 is 27.5 Å². The SMILES string of the molecule is C[C@H](N)COCCC(=O)N1CCN2c3ncc(C(F)(F)F)cc3N(C)C(=O)C2C1. The predicted molar refractivity (Wildman–Crippen MR) is 99.4 cm³/mol. The summed E-state index contributed by atoms with van der Waals surface area (Å²) in [6, 6.07) is 0.137. The van der Waals surface area contributed by atoms with E-state index in [1.807, 2.05) is 0 Å². The van der Waals surface area contributed by atoms with Crippen LogP contribution in [0.3, 0.4) is 0 Å². The van der Waals surface area contributed by atoms with Crippen LogP contribution >= 0.6 is 0 Å². The van der Waals surface area contributed by atoms with Crippen LogP contribution in [0.5, 0.6) is 0 Å². The second-order valence-electron chi connectivity index (χ2n) is 7.31. The number of fused-ring (bicyclic) bond motifs is 3. The van der Waals surface area contributed by atoms with Gasteiger partial charge in [0.15, 0.2) is 5.82 Å². The molecule has 3 heterocycles. The maximum Gasteiger partial charge on any atom is 0.417 e. The Bertz CT molecular complexity index is 786. The maximum atomic E-state index is 13.0. The molecule has 29 heavy (non-hydrogen) atoms. The Balaban J connectivity index is 1.71. The zero-order chi connectivity index (χ0) is 21.3. The van der Waals surface area contributed by atoms with Crippen molar-refractivity contribution in [2.45, 2.75) is 31.6 Å². The van der Waals surface area contributed by atoms with Crippen LogP contribution in [-0.4, -0.2) is 73.7 Å². The quantitative estimate of drug-likeness (QED) is 0.717. The van der Waals surface area contributed by atoms with Gasteiger partial charge in [0.2, 0.25) is 5.91 Å². The van der Waals surface area contributed by atoms with Gasteiger partial charge in [-0.3, -0.25) is 9.59 Å². The molecule has 1 aromatic heterocycles. The number of ether oxygens (including phenoxy) is 1. The molecule has 2 aliphatic rings. The number of nitrogens with two attached hydrogens (primary N) is 1. The van der Waals surface area contributed by atoms with E-state index in [0.29, 0.717) is 25.5 Å². The van der Waals surface area contributed by atoms with Crippen LogP contribution in [0.2, 0.25) is 0 Å². The minimum absolute atomic E-state index is 0.116. The Kier molecular flexibility index (Phi) is 5.99. The third kappa shape index (κ3) is 4.45. The van der Waals surface area contributed by atoms with E-state index in [2.05, 4.69) is 4.98 Å². The van der Waals surface area contributed by atoms with Crippen molar-refractivity contribution in [1.82, 2.24) is 9.88 Å². The van der Waals surface area contributed by atoms with Gasteiger partial charge in [-0.05, 0) is 13.0 Å². The molecule has 0 saturated carbocycles. The summed E-state index contributed by atoms with van der Waals surface area (Å²) in [5.41, 5.74) is 4.80. The van der Waals surface area contributed by atoms with Gasteiger partial charge in [-0.15, -0.1) is 0 Å². The molecular formula is C18H24F3N5O3. The zero-order valence-corrected chi connectivity index (χ0v) is 16.3. The second kappa shape index (κ2) is 8.15. The number of piperazine rings is 1. The number of nitrogens with zero attached hydrogens (tertiary/aromatic N) is 4. The topological polar surface area (TPSA) is 92.0 Å². The van der Waals surface area contributed by atoms with E-state index in [1.54, 1.807) is 16.7 Å². The summed E-state index contributed by atoms with van der Waals surface area (Å²) in [4.78, 5) is 33.6. The number of rotatable bonds is 5. The average Bonchev–Trinajstić information content (AvgIpc) is 2.67. The molecule has 8 nitrogen and oxygen atoms in total. The number of hydrogen-bond donors (Lipinski definition) is 1. The number of carbonyl (C=O) groups is 2. The highest BCUT2D eigenvalue weighted by Gasteiger charge is 2.43. The fourth-order valence-corrected chi connectivity index (χ4v) is 3.47. The lowest BCUT2D eigenvalue weighted by molar-refractivity contribution is -0.138. The summed E-state index contributed by atoms with van der Waals surface area (Å²) < 4.78 is 44.4. The number of alkyl halides is 3. The van der Waals surface area contributed by atoms with E-state index in [0.717, 1.165) is 12.3 Å². The number of anilines is 2. The number of aromatic nitrogens is 1. The molecule has 2 atom stereocenters. The van der Waals surface area contributed by atoms with Crippen molar-refractivity contribution in [3.63, 3.8) is 0 Å². The summed E-state index contributed by atoms with van der Waals surface area (Å²) in [5.74, 6) is -0.197. The zero-order valence-electron chi connectivity index (χ0n) is 16.3. The Morgan fingerprint density at radius 3 is 2.79 bits per heavy atom. The molecule has 1 aromatic rings. The molecule has 1 fully saturated rings. The highest BCUT2D eigenvalue weighted by Crippen LogP contribution is 2.39. The third-order valence-electron chi connectivity index (χ3n) is 5.00. The van der Waals surface area contributed by atoms with E-state index in [-0.39, 0.29) is 43.1 Å². The van der Waals surface area contributed by atoms with Gasteiger partial charge in [-0.2, -0.15) is 13.2 Å². The van der Waals surface area contributed by atoms with E-state index >= 15 is 0 Å². The molecule has 0 radical (unpaired) electrons. The Hall–Kier alpha value is -2.40. The fraction of sp³-hybridized carbons (Fsp3) is 0.611. The smallest absolute Gasteiger partial charge is 0.379 e. The first-order valence-corrected chi connectivity index (χ1v) is 9.32. The van der Waals surface area contributed by atoms with Crippen LogP contribution in [-0.2, 0) is 20.5 Å². The number of likely N-dealkylation sites (N-methyl/N-ethyl adjacent to an activating group) is 1. The van der Waals surface area contributed by atoms with Crippen LogP contribution in [0, 0.1) is 0 Å². The number of amides is 2. The minimum Gasteiger partial charge on any atom is -0.379 e. The molecule has 160 valence electrons. The molecule has 2 N–H and O–H groups in total.